The standard InChI is InChI=1S/C4H9Cl2N.C2H6/c5-1-3-7-4-2-6;1-2/h7H,1-4H2;1-2H3. The van der Waals surface area contributed by atoms with Gasteiger partial charge in [-0.05, 0) is 0 Å². The van der Waals surface area contributed by atoms with Crippen LogP contribution in [0, 0.1) is 0 Å². The van der Waals surface area contributed by atoms with E-state index in [-0.39, 0.29) is 0 Å². The lowest BCUT2D eigenvalue weighted by molar-refractivity contribution is 0.770. The maximum Gasteiger partial charge on any atom is 0.0348 e. The van der Waals surface area contributed by atoms with E-state index in [0.717, 1.165) is 13.1 Å². The van der Waals surface area contributed by atoms with Gasteiger partial charge in [-0.2, -0.15) is 0 Å². The number of halogens is 2. The molecule has 0 aromatic heterocycles. The van der Waals surface area contributed by atoms with Crippen molar-refractivity contribution in [2.45, 2.75) is 13.8 Å². The molecule has 0 aliphatic carbocycles. The van der Waals surface area contributed by atoms with E-state index in [9.17, 15) is 0 Å². The number of hydrogen-bond acceptors (Lipinski definition) is 1. The molecule has 1 nitrogen and oxygen atoms in total. The van der Waals surface area contributed by atoms with Gasteiger partial charge in [0.25, 0.3) is 0 Å². The van der Waals surface area contributed by atoms with Gasteiger partial charge < -0.3 is 5.32 Å². The Kier molecular flexibility index (Phi) is 21.5. The molecule has 0 atom stereocenters. The van der Waals surface area contributed by atoms with Crippen molar-refractivity contribution in [2.24, 2.45) is 0 Å². The van der Waals surface area contributed by atoms with Crippen molar-refractivity contribution in [1.29, 1.82) is 0 Å². The molecule has 0 rings (SSSR count). The second-order valence-corrected chi connectivity index (χ2v) is 1.88. The summed E-state index contributed by atoms with van der Waals surface area (Å²) in [5, 5.41) is 3.02. The number of rotatable bonds is 4. The molecule has 0 aromatic carbocycles. The van der Waals surface area contributed by atoms with Crippen molar-refractivity contribution >= 4 is 23.2 Å². The summed E-state index contributed by atoms with van der Waals surface area (Å²) in [6.45, 7) is 5.71. The summed E-state index contributed by atoms with van der Waals surface area (Å²) in [7, 11) is 0. The van der Waals surface area contributed by atoms with Gasteiger partial charge in [-0.25, -0.2) is 0 Å². The minimum atomic E-state index is 0.664. The van der Waals surface area contributed by atoms with Crippen molar-refractivity contribution in [3.8, 4) is 0 Å². The van der Waals surface area contributed by atoms with Crippen molar-refractivity contribution in [3.63, 3.8) is 0 Å². The predicted molar refractivity (Wildman–Crippen MR) is 45.7 cm³/mol. The van der Waals surface area contributed by atoms with Crippen molar-refractivity contribution in [2.75, 3.05) is 24.8 Å². The highest BCUT2D eigenvalue weighted by Gasteiger charge is 1.78. The molecule has 0 aliphatic heterocycles. The molecule has 9 heavy (non-hydrogen) atoms. The van der Waals surface area contributed by atoms with E-state index in [0.29, 0.717) is 11.8 Å². The first-order valence-electron chi connectivity index (χ1n) is 3.24. The molecule has 0 radical (unpaired) electrons. The van der Waals surface area contributed by atoms with Crippen molar-refractivity contribution in [3.05, 3.63) is 0 Å². The second kappa shape index (κ2) is 15.8. The van der Waals surface area contributed by atoms with Crippen molar-refractivity contribution < 1.29 is 0 Å². The minimum Gasteiger partial charge on any atom is -0.314 e. The molecule has 0 saturated carbocycles. The Balaban J connectivity index is 0. The van der Waals surface area contributed by atoms with Gasteiger partial charge in [0.1, 0.15) is 0 Å². The molecule has 0 fully saturated rings. The van der Waals surface area contributed by atoms with E-state index in [4.69, 9.17) is 23.2 Å². The number of nitrogens with one attached hydrogen (secondary N) is 1. The minimum absolute atomic E-state index is 0.664. The quantitative estimate of drug-likeness (QED) is 0.505. The van der Waals surface area contributed by atoms with Crippen LogP contribution < -0.4 is 5.32 Å². The Bertz CT molecular complexity index is 30.2. The molecule has 0 amide bonds. The third-order valence-electron chi connectivity index (χ3n) is 0.543. The Hall–Kier alpha value is 0.540. The Morgan fingerprint density at radius 3 is 1.56 bits per heavy atom. The average molecular weight is 172 g/mol. The molecule has 0 aliphatic rings. The van der Waals surface area contributed by atoms with Crippen LogP contribution in [-0.4, -0.2) is 24.8 Å². The van der Waals surface area contributed by atoms with Gasteiger partial charge in [0.15, 0.2) is 0 Å². The lowest BCUT2D eigenvalue weighted by Gasteiger charge is -1.93. The van der Waals surface area contributed by atoms with Crippen molar-refractivity contribution in [1.82, 2.24) is 5.32 Å². The molecular formula is C6H15Cl2N. The van der Waals surface area contributed by atoms with E-state index >= 15 is 0 Å². The lowest BCUT2D eigenvalue weighted by atomic mass is 10.7. The first kappa shape index (κ1) is 12.2. The smallest absolute Gasteiger partial charge is 0.0348 e. The molecule has 0 saturated heterocycles. The number of alkyl halides is 2. The Morgan fingerprint density at radius 1 is 1.00 bits per heavy atom. The van der Waals surface area contributed by atoms with Gasteiger partial charge in [-0.1, -0.05) is 13.8 Å². The van der Waals surface area contributed by atoms with Gasteiger partial charge in [0.05, 0.1) is 0 Å². The third kappa shape index (κ3) is 17.7. The molecular weight excluding hydrogens is 157 g/mol. The Labute approximate surface area is 67.7 Å². The molecule has 0 bridgehead atoms. The highest BCUT2D eigenvalue weighted by atomic mass is 35.5. The zero-order chi connectivity index (χ0) is 7.54. The van der Waals surface area contributed by atoms with Gasteiger partial charge >= 0.3 is 0 Å². The van der Waals surface area contributed by atoms with E-state index in [1.807, 2.05) is 13.8 Å². The summed E-state index contributed by atoms with van der Waals surface area (Å²) in [5.41, 5.74) is 0. The fourth-order valence-corrected chi connectivity index (χ4v) is 0.526. The average Bonchev–Trinajstić information content (AvgIpc) is 1.94. The normalized spacial score (nSPS) is 8.00. The lowest BCUT2D eigenvalue weighted by Crippen LogP contribution is -2.18. The molecule has 0 aromatic rings. The monoisotopic (exact) mass is 171 g/mol. The van der Waals surface area contributed by atoms with Crippen LogP contribution in [0.15, 0.2) is 0 Å². The van der Waals surface area contributed by atoms with Crippen LogP contribution >= 0.6 is 23.2 Å². The van der Waals surface area contributed by atoms with E-state index in [2.05, 4.69) is 5.32 Å². The van der Waals surface area contributed by atoms with Crippen LogP contribution in [0.4, 0.5) is 0 Å². The number of hydrogen-bond donors (Lipinski definition) is 1. The second-order valence-electron chi connectivity index (χ2n) is 1.13. The zero-order valence-electron chi connectivity index (χ0n) is 6.08. The fourth-order valence-electron chi connectivity index (χ4n) is 0.259. The van der Waals surface area contributed by atoms with E-state index < -0.39 is 0 Å². The summed E-state index contributed by atoms with van der Waals surface area (Å²) >= 11 is 10.7. The zero-order valence-corrected chi connectivity index (χ0v) is 7.60. The largest absolute Gasteiger partial charge is 0.314 e. The topological polar surface area (TPSA) is 12.0 Å². The SMILES string of the molecule is CC.ClCCNCCCl. The summed E-state index contributed by atoms with van der Waals surface area (Å²) in [6, 6.07) is 0. The summed E-state index contributed by atoms with van der Waals surface area (Å²) in [4.78, 5) is 0. The van der Waals surface area contributed by atoms with Crippen LogP contribution in [-0.2, 0) is 0 Å². The molecule has 3 heteroatoms. The molecule has 0 spiro atoms. The highest BCUT2D eigenvalue weighted by molar-refractivity contribution is 6.18. The molecule has 0 heterocycles. The van der Waals surface area contributed by atoms with Crippen LogP contribution in [0.5, 0.6) is 0 Å². The molecule has 1 N–H and O–H groups in total. The summed E-state index contributed by atoms with van der Waals surface area (Å²) in [5.74, 6) is 1.33. The van der Waals surface area contributed by atoms with Gasteiger partial charge in [-0.3, -0.25) is 0 Å². The first-order chi connectivity index (χ1) is 4.41. The Morgan fingerprint density at radius 2 is 1.33 bits per heavy atom. The van der Waals surface area contributed by atoms with Gasteiger partial charge in [0, 0.05) is 24.8 Å². The first-order valence-corrected chi connectivity index (χ1v) is 4.31. The summed E-state index contributed by atoms with van der Waals surface area (Å²) in [6.07, 6.45) is 0. The van der Waals surface area contributed by atoms with Gasteiger partial charge in [0.2, 0.25) is 0 Å². The van der Waals surface area contributed by atoms with Gasteiger partial charge in [-0.15, -0.1) is 23.2 Å². The fraction of sp³-hybridized carbons (Fsp3) is 1.00. The predicted octanol–water partition coefficient (Wildman–Crippen LogP) is 2.08. The van der Waals surface area contributed by atoms with E-state index in [1.165, 1.54) is 0 Å². The summed E-state index contributed by atoms with van der Waals surface area (Å²) < 4.78 is 0. The van der Waals surface area contributed by atoms with E-state index in [1.54, 1.807) is 0 Å². The maximum atomic E-state index is 5.33. The maximum absolute atomic E-state index is 5.33. The highest BCUT2D eigenvalue weighted by Crippen LogP contribution is 1.71. The third-order valence-corrected chi connectivity index (χ3v) is 0.921. The van der Waals surface area contributed by atoms with Crippen LogP contribution in [0.2, 0.25) is 0 Å². The molecule has 58 valence electrons. The van der Waals surface area contributed by atoms with Crippen LogP contribution in [0.1, 0.15) is 13.8 Å². The molecule has 0 unspecified atom stereocenters. The van der Waals surface area contributed by atoms with Crippen LogP contribution in [0.3, 0.4) is 0 Å². The van der Waals surface area contributed by atoms with Crippen LogP contribution in [0.25, 0.3) is 0 Å².